The summed E-state index contributed by atoms with van der Waals surface area (Å²) in [5, 5.41) is 1.91. The Morgan fingerprint density at radius 1 is 1.38 bits per heavy atom. The van der Waals surface area contributed by atoms with Crippen LogP contribution in [0.4, 0.5) is 0 Å². The van der Waals surface area contributed by atoms with Gasteiger partial charge in [-0.1, -0.05) is 18.7 Å². The monoisotopic (exact) mass is 361 g/mol. The molecule has 0 N–H and O–H groups in total. The number of carbonyl (C=O) groups is 1. The van der Waals surface area contributed by atoms with Crippen LogP contribution in [0.25, 0.3) is 10.2 Å². The van der Waals surface area contributed by atoms with Crippen molar-refractivity contribution in [3.05, 3.63) is 40.9 Å². The number of hydrogen-bond acceptors (Lipinski definition) is 6. The van der Waals surface area contributed by atoms with Gasteiger partial charge < -0.3 is 9.32 Å². The number of furan rings is 1. The Hall–Kier alpha value is -1.86. The third kappa shape index (κ3) is 3.79. The summed E-state index contributed by atoms with van der Waals surface area (Å²) >= 11 is 3.14. The van der Waals surface area contributed by atoms with Crippen molar-refractivity contribution in [2.75, 3.05) is 12.8 Å². The normalized spacial score (nSPS) is 11.1. The minimum Gasteiger partial charge on any atom is -0.464 e. The molecule has 3 aromatic heterocycles. The number of carbonyl (C=O) groups excluding carboxylic acids is 1. The van der Waals surface area contributed by atoms with Gasteiger partial charge in [0, 0.05) is 17.3 Å². The molecule has 0 unspecified atom stereocenters. The van der Waals surface area contributed by atoms with Gasteiger partial charge in [-0.05, 0) is 31.5 Å². The largest absolute Gasteiger partial charge is 0.464 e. The van der Waals surface area contributed by atoms with Crippen molar-refractivity contribution in [1.29, 1.82) is 0 Å². The molecule has 7 heteroatoms. The summed E-state index contributed by atoms with van der Waals surface area (Å²) in [6.45, 7) is 4.50. The molecule has 0 spiro atoms. The van der Waals surface area contributed by atoms with Crippen LogP contribution in [0.15, 0.2) is 34.0 Å². The lowest BCUT2D eigenvalue weighted by Gasteiger charge is -2.15. The number of amides is 1. The molecule has 24 heavy (non-hydrogen) atoms. The van der Waals surface area contributed by atoms with Crippen molar-refractivity contribution in [3.63, 3.8) is 0 Å². The smallest absolute Gasteiger partial charge is 0.233 e. The van der Waals surface area contributed by atoms with E-state index in [1.54, 1.807) is 29.6 Å². The van der Waals surface area contributed by atoms with Crippen LogP contribution in [-0.4, -0.2) is 33.6 Å². The van der Waals surface area contributed by atoms with Crippen LogP contribution in [0, 0.1) is 6.92 Å². The van der Waals surface area contributed by atoms with Crippen molar-refractivity contribution in [2.45, 2.75) is 31.8 Å². The van der Waals surface area contributed by atoms with Crippen molar-refractivity contribution >= 4 is 39.2 Å². The topological polar surface area (TPSA) is 59.2 Å². The quantitative estimate of drug-likeness (QED) is 0.492. The summed E-state index contributed by atoms with van der Waals surface area (Å²) in [4.78, 5) is 24.9. The first-order valence-electron chi connectivity index (χ1n) is 7.72. The number of thioether (sulfide) groups is 1. The molecule has 0 saturated carbocycles. The number of hydrogen-bond donors (Lipinski definition) is 0. The van der Waals surface area contributed by atoms with E-state index in [1.807, 2.05) is 19.1 Å². The summed E-state index contributed by atoms with van der Waals surface area (Å²) in [6, 6.07) is 5.93. The van der Waals surface area contributed by atoms with Crippen LogP contribution >= 0.6 is 23.1 Å². The van der Waals surface area contributed by atoms with Gasteiger partial charge in [0.2, 0.25) is 5.91 Å². The van der Waals surface area contributed by atoms with Crippen molar-refractivity contribution in [3.8, 4) is 0 Å². The number of aryl methyl sites for hydroxylation is 2. The van der Waals surface area contributed by atoms with E-state index in [4.69, 9.17) is 4.42 Å². The van der Waals surface area contributed by atoms with Gasteiger partial charge in [0.05, 0.1) is 12.3 Å². The maximum Gasteiger partial charge on any atom is 0.233 e. The molecule has 126 valence electrons. The lowest BCUT2D eigenvalue weighted by atomic mass is 10.3. The molecule has 3 heterocycles. The lowest BCUT2D eigenvalue weighted by molar-refractivity contribution is -0.127. The fourth-order valence-corrected chi connectivity index (χ4v) is 4.22. The van der Waals surface area contributed by atoms with E-state index in [1.165, 1.54) is 16.6 Å². The Morgan fingerprint density at radius 3 is 2.92 bits per heavy atom. The second-order valence-corrected chi connectivity index (χ2v) is 7.59. The standard InChI is InChI=1S/C17H19N3O2S2/c1-4-13-7-14-16(18-10-19-17(14)24-13)23-9-15(21)20(3)8-12-6-5-11(2)22-12/h5-7,10H,4,8-9H2,1-3H3. The Balaban J connectivity index is 1.64. The van der Waals surface area contributed by atoms with Gasteiger partial charge in [0.25, 0.3) is 0 Å². The van der Waals surface area contributed by atoms with Crippen LogP contribution in [0.3, 0.4) is 0 Å². The van der Waals surface area contributed by atoms with Gasteiger partial charge in [-0.2, -0.15) is 0 Å². The van der Waals surface area contributed by atoms with Crippen molar-refractivity contribution in [2.24, 2.45) is 0 Å². The van der Waals surface area contributed by atoms with Crippen molar-refractivity contribution in [1.82, 2.24) is 14.9 Å². The van der Waals surface area contributed by atoms with Crippen LogP contribution in [0.2, 0.25) is 0 Å². The Kier molecular flexibility index (Phi) is 5.20. The summed E-state index contributed by atoms with van der Waals surface area (Å²) < 4.78 is 5.52. The summed E-state index contributed by atoms with van der Waals surface area (Å²) in [5.74, 6) is 2.04. The Morgan fingerprint density at radius 2 is 2.21 bits per heavy atom. The predicted octanol–water partition coefficient (Wildman–Crippen LogP) is 3.91. The number of thiophene rings is 1. The maximum absolute atomic E-state index is 12.3. The van der Waals surface area contributed by atoms with Crippen molar-refractivity contribution < 1.29 is 9.21 Å². The average molecular weight is 361 g/mol. The first kappa shape index (κ1) is 17.0. The van der Waals surface area contributed by atoms with Gasteiger partial charge in [-0.3, -0.25) is 4.79 Å². The highest BCUT2D eigenvalue weighted by atomic mass is 32.2. The van der Waals surface area contributed by atoms with Gasteiger partial charge >= 0.3 is 0 Å². The highest BCUT2D eigenvalue weighted by Gasteiger charge is 2.14. The van der Waals surface area contributed by atoms with E-state index in [0.29, 0.717) is 12.3 Å². The number of nitrogens with zero attached hydrogens (tertiary/aromatic N) is 3. The fourth-order valence-electron chi connectivity index (χ4n) is 2.31. The lowest BCUT2D eigenvalue weighted by Crippen LogP contribution is -2.27. The minimum atomic E-state index is 0.0479. The molecule has 0 bridgehead atoms. The van der Waals surface area contributed by atoms with E-state index in [2.05, 4.69) is 23.0 Å². The zero-order valence-corrected chi connectivity index (χ0v) is 15.5. The molecule has 0 atom stereocenters. The Labute approximate surface area is 149 Å². The Bertz CT molecular complexity index is 857. The number of aromatic nitrogens is 2. The average Bonchev–Trinajstić information content (AvgIpc) is 3.18. The number of rotatable bonds is 6. The van der Waals surface area contributed by atoms with Crippen LogP contribution in [-0.2, 0) is 17.8 Å². The maximum atomic E-state index is 12.3. The highest BCUT2D eigenvalue weighted by molar-refractivity contribution is 8.00. The molecular formula is C17H19N3O2S2. The summed E-state index contributed by atoms with van der Waals surface area (Å²) in [6.07, 6.45) is 2.55. The molecule has 0 aliphatic rings. The van der Waals surface area contributed by atoms with Gasteiger partial charge in [0.1, 0.15) is 27.7 Å². The highest BCUT2D eigenvalue weighted by Crippen LogP contribution is 2.31. The van der Waals surface area contributed by atoms with E-state index in [-0.39, 0.29) is 5.91 Å². The van der Waals surface area contributed by atoms with E-state index >= 15 is 0 Å². The molecule has 0 radical (unpaired) electrons. The van der Waals surface area contributed by atoms with Crippen LogP contribution in [0.1, 0.15) is 23.3 Å². The molecule has 0 saturated heterocycles. The third-order valence-corrected chi connectivity index (χ3v) is 5.82. The molecule has 0 fully saturated rings. The van der Waals surface area contributed by atoms with Crippen LogP contribution < -0.4 is 0 Å². The van der Waals surface area contributed by atoms with Gasteiger partial charge in [-0.25, -0.2) is 9.97 Å². The summed E-state index contributed by atoms with van der Waals surface area (Å²) in [7, 11) is 1.79. The molecule has 0 aliphatic heterocycles. The molecule has 3 rings (SSSR count). The van der Waals surface area contributed by atoms with E-state index < -0.39 is 0 Å². The zero-order valence-electron chi connectivity index (χ0n) is 13.9. The van der Waals surface area contributed by atoms with E-state index in [9.17, 15) is 4.79 Å². The molecule has 3 aromatic rings. The zero-order chi connectivity index (χ0) is 17.1. The molecule has 0 aliphatic carbocycles. The first-order chi connectivity index (χ1) is 11.6. The predicted molar refractivity (Wildman–Crippen MR) is 97.4 cm³/mol. The SMILES string of the molecule is CCc1cc2c(SCC(=O)N(C)Cc3ccc(C)o3)ncnc2s1. The minimum absolute atomic E-state index is 0.0479. The van der Waals surface area contributed by atoms with Gasteiger partial charge in [0.15, 0.2) is 0 Å². The molecule has 0 aromatic carbocycles. The van der Waals surface area contributed by atoms with E-state index in [0.717, 1.165) is 33.2 Å². The van der Waals surface area contributed by atoms with Gasteiger partial charge in [-0.15, -0.1) is 11.3 Å². The second kappa shape index (κ2) is 7.36. The second-order valence-electron chi connectivity index (χ2n) is 5.51. The molecule has 5 nitrogen and oxygen atoms in total. The molecule has 1 amide bonds. The summed E-state index contributed by atoms with van der Waals surface area (Å²) in [5.41, 5.74) is 0. The fraction of sp³-hybridized carbons (Fsp3) is 0.353. The molecular weight excluding hydrogens is 342 g/mol. The number of fused-ring (bicyclic) bond motifs is 1. The van der Waals surface area contributed by atoms with Crippen LogP contribution in [0.5, 0.6) is 0 Å². The third-order valence-electron chi connectivity index (χ3n) is 3.64. The first-order valence-corrected chi connectivity index (χ1v) is 9.52.